The predicted molar refractivity (Wildman–Crippen MR) is 63.7 cm³/mol. The third kappa shape index (κ3) is 1.33. The Bertz CT molecular complexity index is 578. The fourth-order valence-corrected chi connectivity index (χ4v) is 1.93. The molecule has 0 radical (unpaired) electrons. The number of rotatable bonds is 1. The number of fused-ring (bicyclic) bond motifs is 1. The number of para-hydroxylation sites is 1. The molecule has 3 aromatic rings. The summed E-state index contributed by atoms with van der Waals surface area (Å²) in [7, 11) is 0. The van der Waals surface area contributed by atoms with Gasteiger partial charge in [-0.2, -0.15) is 0 Å². The summed E-state index contributed by atoms with van der Waals surface area (Å²) in [6.45, 7) is 0. The molecule has 1 N–H and O–H groups in total. The van der Waals surface area contributed by atoms with Gasteiger partial charge in [-0.05, 0) is 11.6 Å². The zero-order valence-corrected chi connectivity index (χ0v) is 8.27. The quantitative estimate of drug-likeness (QED) is 0.606. The lowest BCUT2D eigenvalue weighted by molar-refractivity contribution is 1.47. The van der Waals surface area contributed by atoms with Crippen molar-refractivity contribution >= 4 is 10.9 Å². The molecule has 72 valence electrons. The first-order chi connectivity index (χ1) is 7.45. The minimum absolute atomic E-state index is 1.19. The normalized spacial score (nSPS) is 10.7. The Morgan fingerprint density at radius 2 is 1.47 bits per heavy atom. The van der Waals surface area contributed by atoms with Crippen LogP contribution >= 0.6 is 0 Å². The van der Waals surface area contributed by atoms with Crippen LogP contribution in [0.4, 0.5) is 0 Å². The summed E-state index contributed by atoms with van der Waals surface area (Å²) in [6, 6.07) is 18.8. The predicted octanol–water partition coefficient (Wildman–Crippen LogP) is 3.83. The van der Waals surface area contributed by atoms with Crippen molar-refractivity contribution in [2.45, 2.75) is 0 Å². The van der Waals surface area contributed by atoms with E-state index < -0.39 is 0 Å². The van der Waals surface area contributed by atoms with Crippen LogP contribution in [0.15, 0.2) is 60.8 Å². The number of nitrogens with one attached hydrogen (secondary N) is 1. The van der Waals surface area contributed by atoms with Gasteiger partial charge < -0.3 is 4.98 Å². The van der Waals surface area contributed by atoms with Gasteiger partial charge in [0.05, 0.1) is 0 Å². The minimum atomic E-state index is 1.19. The van der Waals surface area contributed by atoms with Crippen molar-refractivity contribution in [3.8, 4) is 11.1 Å². The van der Waals surface area contributed by atoms with E-state index in [-0.39, 0.29) is 0 Å². The SMILES string of the molecule is c1ccc(-c2[13cH][nH]c3ccccc23)cc1. The zero-order chi connectivity index (χ0) is 10.1. The van der Waals surface area contributed by atoms with Crippen LogP contribution in [0.2, 0.25) is 0 Å². The number of hydrogen-bond acceptors (Lipinski definition) is 0. The molecule has 1 heteroatoms. The molecule has 0 bridgehead atoms. The topological polar surface area (TPSA) is 15.8 Å². The maximum absolute atomic E-state index is 3.29. The van der Waals surface area contributed by atoms with Crippen molar-refractivity contribution in [1.82, 2.24) is 4.98 Å². The molecular weight excluding hydrogens is 183 g/mol. The van der Waals surface area contributed by atoms with Gasteiger partial charge in [0.15, 0.2) is 0 Å². The van der Waals surface area contributed by atoms with Crippen LogP contribution in [-0.2, 0) is 0 Å². The molecule has 1 heterocycles. The van der Waals surface area contributed by atoms with E-state index in [0.29, 0.717) is 0 Å². The van der Waals surface area contributed by atoms with Crippen molar-refractivity contribution in [2.24, 2.45) is 0 Å². The van der Waals surface area contributed by atoms with Crippen molar-refractivity contribution < 1.29 is 0 Å². The Hall–Kier alpha value is -2.02. The van der Waals surface area contributed by atoms with E-state index in [0.717, 1.165) is 0 Å². The van der Waals surface area contributed by atoms with Gasteiger partial charge >= 0.3 is 0 Å². The molecule has 0 saturated heterocycles. The molecular formula is C14H11N. The number of aromatic nitrogens is 1. The lowest BCUT2D eigenvalue weighted by Crippen LogP contribution is -1.73. The molecule has 0 spiro atoms. The summed E-state index contributed by atoms with van der Waals surface area (Å²) in [6.07, 6.45) is 2.07. The van der Waals surface area contributed by atoms with E-state index in [4.69, 9.17) is 0 Å². The molecule has 0 unspecified atom stereocenters. The van der Waals surface area contributed by atoms with Crippen LogP contribution in [-0.4, -0.2) is 4.98 Å². The Labute approximate surface area is 88.4 Å². The molecule has 0 fully saturated rings. The second-order valence-electron chi connectivity index (χ2n) is 3.61. The fraction of sp³-hybridized carbons (Fsp3) is 0. The Morgan fingerprint density at radius 3 is 2.33 bits per heavy atom. The highest BCUT2D eigenvalue weighted by Crippen LogP contribution is 2.27. The second-order valence-corrected chi connectivity index (χ2v) is 3.61. The summed E-state index contributed by atoms with van der Waals surface area (Å²) in [5.41, 5.74) is 3.72. The Kier molecular flexibility index (Phi) is 1.82. The summed E-state index contributed by atoms with van der Waals surface area (Å²) in [5, 5.41) is 1.28. The maximum Gasteiger partial charge on any atom is 0.0460 e. The Balaban J connectivity index is 2.28. The zero-order valence-electron chi connectivity index (χ0n) is 8.27. The van der Waals surface area contributed by atoms with Gasteiger partial charge in [0, 0.05) is 22.7 Å². The molecule has 0 saturated carbocycles. The van der Waals surface area contributed by atoms with Gasteiger partial charge in [-0.1, -0.05) is 48.5 Å². The van der Waals surface area contributed by atoms with E-state index in [1.807, 2.05) is 12.1 Å². The smallest absolute Gasteiger partial charge is 0.0460 e. The standard InChI is InChI=1S/C14H11N/c1-2-6-11(7-3-1)13-10-15-14-9-5-4-8-12(13)14/h1-10,15H/i10+1. The average molecular weight is 194 g/mol. The van der Waals surface area contributed by atoms with Crippen molar-refractivity contribution in [1.29, 1.82) is 0 Å². The van der Waals surface area contributed by atoms with Crippen LogP contribution in [0.5, 0.6) is 0 Å². The molecule has 1 nitrogen and oxygen atoms in total. The molecule has 0 aliphatic carbocycles. The largest absolute Gasteiger partial charge is 0.361 e. The summed E-state index contributed by atoms with van der Waals surface area (Å²) in [5.74, 6) is 0. The molecule has 1 aromatic heterocycles. The fourth-order valence-electron chi connectivity index (χ4n) is 1.93. The molecule has 0 aliphatic heterocycles. The highest BCUT2D eigenvalue weighted by atomic mass is 14.8. The van der Waals surface area contributed by atoms with E-state index in [9.17, 15) is 0 Å². The van der Waals surface area contributed by atoms with E-state index in [1.165, 1.54) is 22.0 Å². The third-order valence-electron chi connectivity index (χ3n) is 2.67. The van der Waals surface area contributed by atoms with Gasteiger partial charge in [-0.3, -0.25) is 0 Å². The summed E-state index contributed by atoms with van der Waals surface area (Å²) in [4.78, 5) is 3.29. The lowest BCUT2D eigenvalue weighted by atomic mass is 10.1. The molecule has 0 amide bonds. The number of H-pyrrole nitrogens is 1. The molecule has 0 aliphatic rings. The van der Waals surface area contributed by atoms with Gasteiger partial charge in [0.25, 0.3) is 0 Å². The molecule has 0 atom stereocenters. The van der Waals surface area contributed by atoms with Crippen LogP contribution < -0.4 is 0 Å². The van der Waals surface area contributed by atoms with Crippen LogP contribution in [0, 0.1) is 0 Å². The lowest BCUT2D eigenvalue weighted by Gasteiger charge is -1.97. The van der Waals surface area contributed by atoms with Crippen LogP contribution in [0.25, 0.3) is 22.0 Å². The van der Waals surface area contributed by atoms with Gasteiger partial charge in [0.1, 0.15) is 0 Å². The molecule has 2 aromatic carbocycles. The summed E-state index contributed by atoms with van der Waals surface area (Å²) >= 11 is 0. The monoisotopic (exact) mass is 194 g/mol. The van der Waals surface area contributed by atoms with E-state index in [2.05, 4.69) is 53.6 Å². The first-order valence-electron chi connectivity index (χ1n) is 5.07. The van der Waals surface area contributed by atoms with Gasteiger partial charge in [0.2, 0.25) is 0 Å². The van der Waals surface area contributed by atoms with Crippen LogP contribution in [0.1, 0.15) is 0 Å². The number of aromatic amines is 1. The number of benzene rings is 2. The highest BCUT2D eigenvalue weighted by Gasteiger charge is 2.03. The molecule has 3 rings (SSSR count). The first kappa shape index (κ1) is 8.30. The summed E-state index contributed by atoms with van der Waals surface area (Å²) < 4.78 is 0. The van der Waals surface area contributed by atoms with Crippen molar-refractivity contribution in [3.05, 3.63) is 60.8 Å². The maximum atomic E-state index is 3.29. The van der Waals surface area contributed by atoms with E-state index >= 15 is 0 Å². The van der Waals surface area contributed by atoms with Gasteiger partial charge in [-0.15, -0.1) is 0 Å². The van der Waals surface area contributed by atoms with Gasteiger partial charge in [-0.25, -0.2) is 0 Å². The average Bonchev–Trinajstić information content (AvgIpc) is 2.74. The molecule has 15 heavy (non-hydrogen) atoms. The van der Waals surface area contributed by atoms with Crippen molar-refractivity contribution in [3.63, 3.8) is 0 Å². The second kappa shape index (κ2) is 3.28. The number of hydrogen-bond donors (Lipinski definition) is 1. The highest BCUT2D eigenvalue weighted by molar-refractivity contribution is 5.95. The van der Waals surface area contributed by atoms with E-state index in [1.54, 1.807) is 0 Å². The van der Waals surface area contributed by atoms with Crippen LogP contribution in [0.3, 0.4) is 0 Å². The third-order valence-corrected chi connectivity index (χ3v) is 2.67. The first-order valence-corrected chi connectivity index (χ1v) is 5.07. The Morgan fingerprint density at radius 1 is 0.733 bits per heavy atom. The van der Waals surface area contributed by atoms with Crippen molar-refractivity contribution in [2.75, 3.05) is 0 Å². The minimum Gasteiger partial charge on any atom is -0.361 e.